The van der Waals surface area contributed by atoms with Crippen LogP contribution in [0.1, 0.15) is 66.3 Å². The van der Waals surface area contributed by atoms with Crippen LogP contribution in [-0.2, 0) is 20.7 Å². The van der Waals surface area contributed by atoms with Gasteiger partial charge in [0.15, 0.2) is 0 Å². The Bertz CT molecular complexity index is 764. The second kappa shape index (κ2) is 9.46. The van der Waals surface area contributed by atoms with Crippen molar-refractivity contribution < 1.29 is 19.1 Å². The molecule has 2 aliphatic rings. The maximum atomic E-state index is 12.8. The van der Waals surface area contributed by atoms with Crippen LogP contribution in [0.5, 0.6) is 0 Å². The minimum absolute atomic E-state index is 0.0584. The monoisotopic (exact) mass is 403 g/mol. The van der Waals surface area contributed by atoms with Crippen LogP contribution in [0.25, 0.3) is 0 Å². The lowest BCUT2D eigenvalue weighted by Gasteiger charge is -2.34. The van der Waals surface area contributed by atoms with Crippen molar-refractivity contribution in [3.63, 3.8) is 0 Å². The Hall–Kier alpha value is -2.31. The standard InChI is InChI=1S/C22H33N3O4/c1-4-29-22(28)20-15(2)18(16(3)23-20)9-10-19(26)25-13-7-8-17(14-25)21(27)24-11-5-6-12-24/h17,23H,4-14H2,1-3H3. The molecule has 0 radical (unpaired) electrons. The molecule has 1 atom stereocenters. The number of likely N-dealkylation sites (tertiary alicyclic amines) is 2. The highest BCUT2D eigenvalue weighted by Gasteiger charge is 2.32. The fourth-order valence-electron chi connectivity index (χ4n) is 4.56. The predicted molar refractivity (Wildman–Crippen MR) is 110 cm³/mol. The predicted octanol–water partition coefficient (Wildman–Crippen LogP) is 2.60. The number of rotatable bonds is 6. The Balaban J connectivity index is 1.58. The largest absolute Gasteiger partial charge is 0.461 e. The Kier molecular flexibility index (Phi) is 6.98. The first-order chi connectivity index (χ1) is 13.9. The number of aromatic nitrogens is 1. The first-order valence-corrected chi connectivity index (χ1v) is 10.8. The van der Waals surface area contributed by atoms with E-state index in [0.29, 0.717) is 31.7 Å². The van der Waals surface area contributed by atoms with Gasteiger partial charge in [0.2, 0.25) is 11.8 Å². The van der Waals surface area contributed by atoms with E-state index >= 15 is 0 Å². The van der Waals surface area contributed by atoms with E-state index in [4.69, 9.17) is 4.74 Å². The molecule has 7 heteroatoms. The van der Waals surface area contributed by atoms with Gasteiger partial charge in [0, 0.05) is 38.3 Å². The number of hydrogen-bond donors (Lipinski definition) is 1. The van der Waals surface area contributed by atoms with Crippen LogP contribution in [0.4, 0.5) is 0 Å². The van der Waals surface area contributed by atoms with Crippen molar-refractivity contribution in [1.29, 1.82) is 0 Å². The Labute approximate surface area is 172 Å². The number of nitrogens with zero attached hydrogens (tertiary/aromatic N) is 2. The first-order valence-electron chi connectivity index (χ1n) is 10.8. The van der Waals surface area contributed by atoms with E-state index in [0.717, 1.165) is 62.1 Å². The fourth-order valence-corrected chi connectivity index (χ4v) is 4.56. The molecule has 1 aromatic heterocycles. The van der Waals surface area contributed by atoms with Gasteiger partial charge in [-0.15, -0.1) is 0 Å². The summed E-state index contributed by atoms with van der Waals surface area (Å²) in [7, 11) is 0. The lowest BCUT2D eigenvalue weighted by atomic mass is 9.96. The third-order valence-electron chi connectivity index (χ3n) is 6.20. The summed E-state index contributed by atoms with van der Waals surface area (Å²) in [5.41, 5.74) is 3.23. The summed E-state index contributed by atoms with van der Waals surface area (Å²) in [5.74, 6) is -0.111. The second-order valence-corrected chi connectivity index (χ2v) is 8.16. The van der Waals surface area contributed by atoms with Crippen molar-refractivity contribution in [2.45, 2.75) is 59.3 Å². The van der Waals surface area contributed by atoms with Crippen LogP contribution < -0.4 is 0 Å². The maximum Gasteiger partial charge on any atom is 0.355 e. The van der Waals surface area contributed by atoms with Gasteiger partial charge >= 0.3 is 5.97 Å². The molecule has 1 unspecified atom stereocenters. The zero-order valence-electron chi connectivity index (χ0n) is 17.9. The minimum atomic E-state index is -0.357. The van der Waals surface area contributed by atoms with E-state index < -0.39 is 0 Å². The topological polar surface area (TPSA) is 82.7 Å². The molecule has 0 saturated carbocycles. The summed E-state index contributed by atoms with van der Waals surface area (Å²) in [6.45, 7) is 8.90. The van der Waals surface area contributed by atoms with Crippen LogP contribution in [0, 0.1) is 19.8 Å². The molecular weight excluding hydrogens is 370 g/mol. The van der Waals surface area contributed by atoms with E-state index in [2.05, 4.69) is 4.98 Å². The molecular formula is C22H33N3O4. The SMILES string of the molecule is CCOC(=O)c1[nH]c(C)c(CCC(=O)N2CCCC(C(=O)N3CCCC3)C2)c1C. The summed E-state index contributed by atoms with van der Waals surface area (Å²) < 4.78 is 5.09. The van der Waals surface area contributed by atoms with Gasteiger partial charge in [0.05, 0.1) is 12.5 Å². The van der Waals surface area contributed by atoms with Crippen LogP contribution in [-0.4, -0.2) is 65.4 Å². The number of carbonyl (C=O) groups is 3. The number of H-pyrrole nitrogens is 1. The average molecular weight is 404 g/mol. The van der Waals surface area contributed by atoms with Gasteiger partial charge in [-0.25, -0.2) is 4.79 Å². The number of aromatic amines is 1. The number of hydrogen-bond acceptors (Lipinski definition) is 4. The molecule has 7 nitrogen and oxygen atoms in total. The number of piperidine rings is 1. The van der Waals surface area contributed by atoms with Crippen molar-refractivity contribution in [2.75, 3.05) is 32.8 Å². The Morgan fingerprint density at radius 2 is 1.76 bits per heavy atom. The molecule has 1 N–H and O–H groups in total. The van der Waals surface area contributed by atoms with E-state index in [-0.39, 0.29) is 23.7 Å². The number of nitrogens with one attached hydrogen (secondary N) is 1. The van der Waals surface area contributed by atoms with Crippen LogP contribution in [0.15, 0.2) is 0 Å². The lowest BCUT2D eigenvalue weighted by Crippen LogP contribution is -2.46. The zero-order valence-corrected chi connectivity index (χ0v) is 17.9. The maximum absolute atomic E-state index is 12.8. The third-order valence-corrected chi connectivity index (χ3v) is 6.20. The number of carbonyl (C=O) groups excluding carboxylic acids is 3. The molecule has 160 valence electrons. The van der Waals surface area contributed by atoms with E-state index in [1.165, 1.54) is 0 Å². The third kappa shape index (κ3) is 4.82. The van der Waals surface area contributed by atoms with E-state index in [1.807, 2.05) is 23.6 Å². The van der Waals surface area contributed by atoms with Gasteiger partial charge in [-0.2, -0.15) is 0 Å². The smallest absolute Gasteiger partial charge is 0.355 e. The second-order valence-electron chi connectivity index (χ2n) is 8.16. The summed E-state index contributed by atoms with van der Waals surface area (Å²) in [6, 6.07) is 0. The number of esters is 1. The number of amides is 2. The van der Waals surface area contributed by atoms with E-state index in [1.54, 1.807) is 6.92 Å². The van der Waals surface area contributed by atoms with E-state index in [9.17, 15) is 14.4 Å². The highest BCUT2D eigenvalue weighted by molar-refractivity contribution is 5.90. The minimum Gasteiger partial charge on any atom is -0.461 e. The van der Waals surface area contributed by atoms with Crippen molar-refractivity contribution in [3.8, 4) is 0 Å². The van der Waals surface area contributed by atoms with Gasteiger partial charge in [-0.3, -0.25) is 9.59 Å². The molecule has 2 saturated heterocycles. The zero-order chi connectivity index (χ0) is 21.0. The van der Waals surface area contributed by atoms with Gasteiger partial charge in [-0.1, -0.05) is 0 Å². The average Bonchev–Trinajstić information content (AvgIpc) is 3.35. The molecule has 2 amide bonds. The fraction of sp³-hybridized carbons (Fsp3) is 0.682. The molecule has 0 bridgehead atoms. The molecule has 0 spiro atoms. The molecule has 3 heterocycles. The first kappa shape index (κ1) is 21.4. The lowest BCUT2D eigenvalue weighted by molar-refractivity contribution is -0.140. The van der Waals surface area contributed by atoms with Crippen molar-refractivity contribution >= 4 is 17.8 Å². The van der Waals surface area contributed by atoms with Gasteiger partial charge in [0.25, 0.3) is 0 Å². The summed E-state index contributed by atoms with van der Waals surface area (Å²) in [4.78, 5) is 44.5. The van der Waals surface area contributed by atoms with Crippen LogP contribution in [0.3, 0.4) is 0 Å². The Morgan fingerprint density at radius 3 is 2.45 bits per heavy atom. The molecule has 2 aliphatic heterocycles. The number of ether oxygens (including phenoxy) is 1. The molecule has 0 aliphatic carbocycles. The highest BCUT2D eigenvalue weighted by Crippen LogP contribution is 2.24. The molecule has 3 rings (SSSR count). The normalized spacial score (nSPS) is 19.5. The molecule has 1 aromatic rings. The highest BCUT2D eigenvalue weighted by atomic mass is 16.5. The van der Waals surface area contributed by atoms with Gasteiger partial charge in [0.1, 0.15) is 5.69 Å². The molecule has 29 heavy (non-hydrogen) atoms. The van der Waals surface area contributed by atoms with Crippen LogP contribution in [0.2, 0.25) is 0 Å². The molecule has 0 aromatic carbocycles. The molecule has 2 fully saturated rings. The van der Waals surface area contributed by atoms with Gasteiger partial charge in [-0.05, 0) is 64.0 Å². The quantitative estimate of drug-likeness (QED) is 0.740. The Morgan fingerprint density at radius 1 is 1.07 bits per heavy atom. The van der Waals surface area contributed by atoms with Crippen molar-refractivity contribution in [3.05, 3.63) is 22.5 Å². The van der Waals surface area contributed by atoms with Gasteiger partial charge < -0.3 is 19.5 Å². The van der Waals surface area contributed by atoms with Crippen LogP contribution >= 0.6 is 0 Å². The summed E-state index contributed by atoms with van der Waals surface area (Å²) >= 11 is 0. The summed E-state index contributed by atoms with van der Waals surface area (Å²) in [5, 5.41) is 0. The van der Waals surface area contributed by atoms with Crippen molar-refractivity contribution in [2.24, 2.45) is 5.92 Å². The van der Waals surface area contributed by atoms with Crippen molar-refractivity contribution in [1.82, 2.24) is 14.8 Å². The number of aryl methyl sites for hydroxylation is 1. The summed E-state index contributed by atoms with van der Waals surface area (Å²) in [6.07, 6.45) is 4.89.